The summed E-state index contributed by atoms with van der Waals surface area (Å²) in [5.41, 5.74) is 5.83. The summed E-state index contributed by atoms with van der Waals surface area (Å²) in [5.74, 6) is -0.0546. The molecule has 82 valence electrons. The van der Waals surface area contributed by atoms with Gasteiger partial charge in [0, 0.05) is 12.1 Å². The van der Waals surface area contributed by atoms with Crippen molar-refractivity contribution in [2.24, 2.45) is 5.73 Å². The van der Waals surface area contributed by atoms with Gasteiger partial charge in [-0.3, -0.25) is 4.79 Å². The molecule has 4 heteroatoms. The molecule has 3 N–H and O–H groups in total. The maximum Gasteiger partial charge on any atom is 0.246 e. The largest absolute Gasteiger partial charge is 0.369 e. The molecule has 1 amide bonds. The normalized spacial score (nSPS) is 26.9. The van der Waals surface area contributed by atoms with E-state index in [0.717, 1.165) is 19.3 Å². The van der Waals surface area contributed by atoms with Crippen LogP contribution in [0.4, 0.5) is 0 Å². The molecule has 0 heterocycles. The molecule has 0 saturated heterocycles. The van der Waals surface area contributed by atoms with Crippen molar-refractivity contribution in [3.8, 4) is 0 Å². The third kappa shape index (κ3) is 3.64. The molecule has 1 aliphatic rings. The minimum absolute atomic E-state index is 0.0546. The van der Waals surface area contributed by atoms with E-state index in [4.69, 9.17) is 10.5 Å². The fourth-order valence-corrected chi connectivity index (χ4v) is 1.66. The Bertz CT molecular complexity index is 195. The van der Waals surface area contributed by atoms with Crippen molar-refractivity contribution in [2.75, 3.05) is 6.61 Å². The first-order valence-corrected chi connectivity index (χ1v) is 5.26. The van der Waals surface area contributed by atoms with Crippen LogP contribution in [0.3, 0.4) is 0 Å². The van der Waals surface area contributed by atoms with Crippen LogP contribution < -0.4 is 11.1 Å². The van der Waals surface area contributed by atoms with Gasteiger partial charge in [0.1, 0.15) is 6.61 Å². The predicted molar refractivity (Wildman–Crippen MR) is 54.8 cm³/mol. The maximum atomic E-state index is 11.4. The highest BCUT2D eigenvalue weighted by molar-refractivity contribution is 5.77. The van der Waals surface area contributed by atoms with E-state index < -0.39 is 0 Å². The summed E-state index contributed by atoms with van der Waals surface area (Å²) in [6.45, 7) is 3.96. The van der Waals surface area contributed by atoms with Gasteiger partial charge in [-0.15, -0.1) is 0 Å². The van der Waals surface area contributed by atoms with Crippen molar-refractivity contribution in [1.82, 2.24) is 5.32 Å². The van der Waals surface area contributed by atoms with Gasteiger partial charge in [0.2, 0.25) is 5.91 Å². The third-order valence-electron chi connectivity index (χ3n) is 2.46. The minimum Gasteiger partial charge on any atom is -0.369 e. The molecule has 1 saturated carbocycles. The van der Waals surface area contributed by atoms with Crippen molar-refractivity contribution in [3.63, 3.8) is 0 Å². The van der Waals surface area contributed by atoms with Gasteiger partial charge in [0.05, 0.1) is 6.10 Å². The van der Waals surface area contributed by atoms with Crippen LogP contribution in [-0.4, -0.2) is 30.7 Å². The minimum atomic E-state index is -0.0546. The topological polar surface area (TPSA) is 64.3 Å². The van der Waals surface area contributed by atoms with Crippen LogP contribution in [0, 0.1) is 0 Å². The highest BCUT2D eigenvalue weighted by Crippen LogP contribution is 2.16. The summed E-state index contributed by atoms with van der Waals surface area (Å²) < 4.78 is 5.20. The van der Waals surface area contributed by atoms with Gasteiger partial charge < -0.3 is 15.8 Å². The molecule has 14 heavy (non-hydrogen) atoms. The SMILES string of the molecule is CC(C)OCC(=O)NC1CCCC1N. The smallest absolute Gasteiger partial charge is 0.246 e. The van der Waals surface area contributed by atoms with Gasteiger partial charge in [-0.1, -0.05) is 0 Å². The number of hydrogen-bond acceptors (Lipinski definition) is 3. The fourth-order valence-electron chi connectivity index (χ4n) is 1.66. The quantitative estimate of drug-likeness (QED) is 0.690. The molecule has 1 rings (SSSR count). The molecule has 0 aromatic carbocycles. The van der Waals surface area contributed by atoms with E-state index in [9.17, 15) is 4.79 Å². The Morgan fingerprint density at radius 3 is 2.79 bits per heavy atom. The second kappa shape index (κ2) is 5.32. The lowest BCUT2D eigenvalue weighted by Crippen LogP contribution is -2.45. The van der Waals surface area contributed by atoms with Crippen LogP contribution in [0.25, 0.3) is 0 Å². The molecule has 0 aromatic rings. The Morgan fingerprint density at radius 2 is 2.29 bits per heavy atom. The fraction of sp³-hybridized carbons (Fsp3) is 0.900. The number of carbonyl (C=O) groups excluding carboxylic acids is 1. The van der Waals surface area contributed by atoms with Gasteiger partial charge in [-0.05, 0) is 33.1 Å². The lowest BCUT2D eigenvalue weighted by atomic mass is 10.2. The van der Waals surface area contributed by atoms with E-state index in [-0.39, 0.29) is 30.7 Å². The zero-order valence-corrected chi connectivity index (χ0v) is 8.95. The van der Waals surface area contributed by atoms with Crippen LogP contribution in [0.1, 0.15) is 33.1 Å². The van der Waals surface area contributed by atoms with Crippen LogP contribution in [-0.2, 0) is 9.53 Å². The van der Waals surface area contributed by atoms with E-state index in [2.05, 4.69) is 5.32 Å². The summed E-state index contributed by atoms with van der Waals surface area (Å²) in [6, 6.07) is 0.274. The van der Waals surface area contributed by atoms with E-state index >= 15 is 0 Å². The Balaban J connectivity index is 2.19. The van der Waals surface area contributed by atoms with Crippen LogP contribution in [0.5, 0.6) is 0 Å². The number of nitrogens with one attached hydrogen (secondary N) is 1. The maximum absolute atomic E-state index is 11.4. The van der Waals surface area contributed by atoms with E-state index in [1.165, 1.54) is 0 Å². The lowest BCUT2D eigenvalue weighted by molar-refractivity contribution is -0.127. The first-order valence-electron chi connectivity index (χ1n) is 5.26. The molecule has 0 spiro atoms. The Kier molecular flexibility index (Phi) is 4.35. The number of ether oxygens (including phenoxy) is 1. The van der Waals surface area contributed by atoms with Gasteiger partial charge >= 0.3 is 0 Å². The molecule has 0 bridgehead atoms. The summed E-state index contributed by atoms with van der Waals surface area (Å²) in [6.07, 6.45) is 3.21. The van der Waals surface area contributed by atoms with Crippen molar-refractivity contribution in [1.29, 1.82) is 0 Å². The average molecular weight is 200 g/mol. The summed E-state index contributed by atoms with van der Waals surface area (Å²) in [7, 11) is 0. The van der Waals surface area contributed by atoms with E-state index in [1.54, 1.807) is 0 Å². The molecule has 2 unspecified atom stereocenters. The van der Waals surface area contributed by atoms with Crippen LogP contribution in [0.2, 0.25) is 0 Å². The van der Waals surface area contributed by atoms with Gasteiger partial charge in [-0.2, -0.15) is 0 Å². The van der Waals surface area contributed by atoms with E-state index in [1.807, 2.05) is 13.8 Å². The Morgan fingerprint density at radius 1 is 1.57 bits per heavy atom. The molecule has 1 fully saturated rings. The summed E-state index contributed by atoms with van der Waals surface area (Å²) >= 11 is 0. The van der Waals surface area contributed by atoms with Gasteiger partial charge in [0.15, 0.2) is 0 Å². The third-order valence-corrected chi connectivity index (χ3v) is 2.46. The molecule has 2 atom stereocenters. The number of carbonyl (C=O) groups is 1. The molecule has 4 nitrogen and oxygen atoms in total. The molecule has 0 radical (unpaired) electrons. The molecular formula is C10H20N2O2. The molecular weight excluding hydrogens is 180 g/mol. The summed E-state index contributed by atoms with van der Waals surface area (Å²) in [5, 5.41) is 2.90. The van der Waals surface area contributed by atoms with Crippen LogP contribution in [0.15, 0.2) is 0 Å². The molecule has 0 aliphatic heterocycles. The predicted octanol–water partition coefficient (Wildman–Crippen LogP) is 0.407. The number of hydrogen-bond donors (Lipinski definition) is 2. The second-order valence-electron chi connectivity index (χ2n) is 4.13. The van der Waals surface area contributed by atoms with E-state index in [0.29, 0.717) is 0 Å². The highest BCUT2D eigenvalue weighted by atomic mass is 16.5. The van der Waals surface area contributed by atoms with Crippen molar-refractivity contribution < 1.29 is 9.53 Å². The van der Waals surface area contributed by atoms with Crippen molar-refractivity contribution in [3.05, 3.63) is 0 Å². The monoisotopic (exact) mass is 200 g/mol. The number of rotatable bonds is 4. The lowest BCUT2D eigenvalue weighted by Gasteiger charge is -2.17. The Labute approximate surface area is 85.2 Å². The first-order chi connectivity index (χ1) is 6.59. The van der Waals surface area contributed by atoms with Crippen molar-refractivity contribution in [2.45, 2.75) is 51.3 Å². The zero-order chi connectivity index (χ0) is 10.6. The highest BCUT2D eigenvalue weighted by Gasteiger charge is 2.25. The molecule has 0 aromatic heterocycles. The second-order valence-corrected chi connectivity index (χ2v) is 4.13. The number of nitrogens with two attached hydrogens (primary N) is 1. The Hall–Kier alpha value is -0.610. The first kappa shape index (κ1) is 11.5. The average Bonchev–Trinajstić information content (AvgIpc) is 2.49. The van der Waals surface area contributed by atoms with Gasteiger partial charge in [0.25, 0.3) is 0 Å². The standard InChI is InChI=1S/C10H20N2O2/c1-7(2)14-6-10(13)12-9-5-3-4-8(9)11/h7-9H,3-6,11H2,1-2H3,(H,12,13). The summed E-state index contributed by atoms with van der Waals surface area (Å²) in [4.78, 5) is 11.4. The van der Waals surface area contributed by atoms with Gasteiger partial charge in [-0.25, -0.2) is 0 Å². The zero-order valence-electron chi connectivity index (χ0n) is 8.95. The van der Waals surface area contributed by atoms with Crippen LogP contribution >= 0.6 is 0 Å². The number of amides is 1. The van der Waals surface area contributed by atoms with Crippen molar-refractivity contribution >= 4 is 5.91 Å². The molecule has 1 aliphatic carbocycles.